The second kappa shape index (κ2) is 9.72. The number of anilines is 1. The zero-order valence-electron chi connectivity index (χ0n) is 20.0. The molecule has 16 heteroatoms. The van der Waals surface area contributed by atoms with Gasteiger partial charge in [-0.3, -0.25) is 4.79 Å². The lowest BCUT2D eigenvalue weighted by Gasteiger charge is -2.33. The van der Waals surface area contributed by atoms with Gasteiger partial charge in [-0.1, -0.05) is 6.07 Å². The summed E-state index contributed by atoms with van der Waals surface area (Å²) in [5.74, 6) is -1.39. The molecular formula is C24H19F12N3O. The lowest BCUT2D eigenvalue weighted by molar-refractivity contribution is -0.185. The van der Waals surface area contributed by atoms with Crippen LogP contribution in [0.4, 0.5) is 58.5 Å². The second-order valence-electron chi connectivity index (χ2n) is 9.71. The van der Waals surface area contributed by atoms with Gasteiger partial charge in [-0.2, -0.15) is 52.7 Å². The van der Waals surface area contributed by atoms with Crippen LogP contribution in [-0.4, -0.2) is 30.2 Å². The van der Waals surface area contributed by atoms with Crippen LogP contribution in [0.2, 0.25) is 0 Å². The Hall–Kier alpha value is -3.20. The van der Waals surface area contributed by atoms with Gasteiger partial charge in [0.15, 0.2) is 5.69 Å². The van der Waals surface area contributed by atoms with E-state index in [1.54, 1.807) is 0 Å². The molecule has 0 spiro atoms. The summed E-state index contributed by atoms with van der Waals surface area (Å²) in [4.78, 5) is 16.0. The number of halogens is 12. The summed E-state index contributed by atoms with van der Waals surface area (Å²) in [5, 5.41) is 2.33. The van der Waals surface area contributed by atoms with Gasteiger partial charge in [0.1, 0.15) is 11.2 Å². The summed E-state index contributed by atoms with van der Waals surface area (Å²) < 4.78 is 164. The number of carbonyl (C=O) groups excluding carboxylic acids is 1. The maximum Gasteiger partial charge on any atom is 0.433 e. The molecule has 2 heterocycles. The van der Waals surface area contributed by atoms with Crippen molar-refractivity contribution < 1.29 is 57.5 Å². The van der Waals surface area contributed by atoms with E-state index in [2.05, 4.69) is 10.3 Å². The smallest absolute Gasteiger partial charge is 0.355 e. The van der Waals surface area contributed by atoms with E-state index in [-0.39, 0.29) is 24.1 Å². The number of rotatable bonds is 5. The summed E-state index contributed by atoms with van der Waals surface area (Å²) in [7, 11) is 0. The number of amides is 1. The molecule has 0 bridgehead atoms. The van der Waals surface area contributed by atoms with Crippen molar-refractivity contribution in [2.45, 2.75) is 55.9 Å². The normalized spacial score (nSPS) is 20.6. The summed E-state index contributed by atoms with van der Waals surface area (Å²) in [6, 6.07) is 1.50. The monoisotopic (exact) mass is 593 g/mol. The quantitative estimate of drug-likeness (QED) is 0.385. The van der Waals surface area contributed by atoms with Crippen LogP contribution < -0.4 is 10.2 Å². The molecule has 1 saturated heterocycles. The van der Waals surface area contributed by atoms with Crippen LogP contribution in [-0.2, 0) is 35.3 Å². The fourth-order valence-electron chi connectivity index (χ4n) is 4.58. The van der Waals surface area contributed by atoms with E-state index in [4.69, 9.17) is 0 Å². The van der Waals surface area contributed by atoms with Crippen molar-refractivity contribution in [1.82, 2.24) is 10.3 Å². The molecule has 1 amide bonds. The van der Waals surface area contributed by atoms with Crippen LogP contribution in [0, 0.1) is 5.92 Å². The van der Waals surface area contributed by atoms with Gasteiger partial charge in [0.2, 0.25) is 5.91 Å². The first-order chi connectivity index (χ1) is 18.2. The van der Waals surface area contributed by atoms with Crippen LogP contribution in [0.1, 0.15) is 47.2 Å². The van der Waals surface area contributed by atoms with Gasteiger partial charge in [0.25, 0.3) is 0 Å². The third-order valence-corrected chi connectivity index (χ3v) is 6.91. The number of carbonyl (C=O) groups is 1. The topological polar surface area (TPSA) is 45.2 Å². The zero-order valence-corrected chi connectivity index (χ0v) is 20.0. The number of nitrogens with one attached hydrogen (secondary N) is 1. The predicted molar refractivity (Wildman–Crippen MR) is 115 cm³/mol. The lowest BCUT2D eigenvalue weighted by atomic mass is 9.77. The van der Waals surface area contributed by atoms with Gasteiger partial charge in [-0.05, 0) is 49.1 Å². The Kier molecular flexibility index (Phi) is 7.23. The number of pyridine rings is 1. The maximum absolute atomic E-state index is 14.4. The zero-order chi connectivity index (χ0) is 29.9. The second-order valence-corrected chi connectivity index (χ2v) is 9.71. The standard InChI is InChI=1S/C24H19F12N3O/c25-21(26,27)15-7-14(8-16(9-15)22(28,29)30)20(24(34,35)36)5-6-39(11-20)17-4-3-13(18(38-17)23(31,32)33)10-37-19(40)12-1-2-12/h3-4,7-9,12H,1-2,5-6,10-11H2,(H,37,40). The lowest BCUT2D eigenvalue weighted by Crippen LogP contribution is -2.45. The molecule has 1 atom stereocenters. The molecule has 1 aromatic carbocycles. The largest absolute Gasteiger partial charge is 0.433 e. The maximum atomic E-state index is 14.4. The number of aromatic nitrogens is 1. The van der Waals surface area contributed by atoms with E-state index in [1.165, 1.54) is 0 Å². The third-order valence-electron chi connectivity index (χ3n) is 6.91. The Bertz CT molecular complexity index is 1250. The first kappa shape index (κ1) is 29.8. The molecule has 2 aliphatic rings. The van der Waals surface area contributed by atoms with Crippen LogP contribution in [0.15, 0.2) is 30.3 Å². The van der Waals surface area contributed by atoms with Crippen molar-refractivity contribution in [2.24, 2.45) is 5.92 Å². The van der Waals surface area contributed by atoms with Gasteiger partial charge in [0, 0.05) is 31.1 Å². The average Bonchev–Trinajstić information content (AvgIpc) is 3.57. The number of hydrogen-bond acceptors (Lipinski definition) is 3. The van der Waals surface area contributed by atoms with Crippen molar-refractivity contribution >= 4 is 11.7 Å². The van der Waals surface area contributed by atoms with Crippen molar-refractivity contribution in [3.05, 3.63) is 58.3 Å². The van der Waals surface area contributed by atoms with Crippen molar-refractivity contribution in [3.63, 3.8) is 0 Å². The Morgan fingerprint density at radius 1 is 0.875 bits per heavy atom. The highest BCUT2D eigenvalue weighted by Gasteiger charge is 2.60. The van der Waals surface area contributed by atoms with Gasteiger partial charge in [-0.15, -0.1) is 0 Å². The molecule has 0 radical (unpaired) electrons. The summed E-state index contributed by atoms with van der Waals surface area (Å²) in [6.45, 7) is -2.51. The first-order valence-electron chi connectivity index (χ1n) is 11.7. The first-order valence-corrected chi connectivity index (χ1v) is 11.7. The molecule has 2 fully saturated rings. The molecule has 1 N–H and O–H groups in total. The number of alkyl halides is 12. The molecule has 4 rings (SSSR count). The molecule has 4 nitrogen and oxygen atoms in total. The van der Waals surface area contributed by atoms with E-state index in [0.717, 1.165) is 17.0 Å². The highest BCUT2D eigenvalue weighted by Crippen LogP contribution is 2.50. The van der Waals surface area contributed by atoms with Crippen LogP contribution >= 0.6 is 0 Å². The Labute approximate surface area is 218 Å². The van der Waals surface area contributed by atoms with Crippen LogP contribution in [0.5, 0.6) is 0 Å². The molecule has 1 saturated carbocycles. The minimum atomic E-state index is -5.41. The highest BCUT2D eigenvalue weighted by atomic mass is 19.4. The average molecular weight is 593 g/mol. The molecule has 2 aromatic rings. The van der Waals surface area contributed by atoms with E-state index in [0.29, 0.717) is 12.8 Å². The fraction of sp³-hybridized carbons (Fsp3) is 0.500. The summed E-state index contributed by atoms with van der Waals surface area (Å²) >= 11 is 0. The molecule has 40 heavy (non-hydrogen) atoms. The van der Waals surface area contributed by atoms with E-state index < -0.39 is 95.8 Å². The molecule has 220 valence electrons. The van der Waals surface area contributed by atoms with Gasteiger partial charge in [-0.25, -0.2) is 4.98 Å². The minimum Gasteiger partial charge on any atom is -0.355 e. The number of nitrogens with zero attached hydrogens (tertiary/aromatic N) is 2. The predicted octanol–water partition coefficient (Wildman–Crippen LogP) is 6.87. The van der Waals surface area contributed by atoms with Gasteiger partial charge in [0.05, 0.1) is 11.1 Å². The van der Waals surface area contributed by atoms with E-state index in [9.17, 15) is 57.5 Å². The molecule has 1 unspecified atom stereocenters. The highest BCUT2D eigenvalue weighted by molar-refractivity contribution is 5.80. The fourth-order valence-corrected chi connectivity index (χ4v) is 4.58. The van der Waals surface area contributed by atoms with Crippen LogP contribution in [0.25, 0.3) is 0 Å². The van der Waals surface area contributed by atoms with Crippen molar-refractivity contribution in [3.8, 4) is 0 Å². The SMILES string of the molecule is O=C(NCc1ccc(N2CCC(c3cc(C(F)(F)F)cc(C(F)(F)F)c3)(C(F)(F)F)C2)nc1C(F)(F)F)C1CC1. The molecule has 1 aliphatic carbocycles. The number of benzene rings is 1. The van der Waals surface area contributed by atoms with Gasteiger partial charge >= 0.3 is 24.7 Å². The van der Waals surface area contributed by atoms with Crippen molar-refractivity contribution in [1.29, 1.82) is 0 Å². The summed E-state index contributed by atoms with van der Waals surface area (Å²) in [5.41, 5.74) is -10.5. The summed E-state index contributed by atoms with van der Waals surface area (Å²) in [6.07, 6.45) is -21.2. The van der Waals surface area contributed by atoms with E-state index >= 15 is 0 Å². The van der Waals surface area contributed by atoms with Crippen LogP contribution in [0.3, 0.4) is 0 Å². The molecular weight excluding hydrogens is 574 g/mol. The Morgan fingerprint density at radius 3 is 1.93 bits per heavy atom. The molecule has 1 aromatic heterocycles. The van der Waals surface area contributed by atoms with Gasteiger partial charge < -0.3 is 10.2 Å². The minimum absolute atomic E-state index is 0.0214. The number of hydrogen-bond donors (Lipinski definition) is 1. The Morgan fingerprint density at radius 2 is 1.45 bits per heavy atom. The Balaban J connectivity index is 1.72. The van der Waals surface area contributed by atoms with E-state index in [1.807, 2.05) is 0 Å². The van der Waals surface area contributed by atoms with Crippen molar-refractivity contribution in [2.75, 3.05) is 18.0 Å². The third kappa shape index (κ3) is 5.94. The molecule has 1 aliphatic heterocycles.